The average Bonchev–Trinajstić information content (AvgIpc) is 3.07. The molecule has 33 heavy (non-hydrogen) atoms. The van der Waals surface area contributed by atoms with Crippen LogP contribution in [-0.2, 0) is 20.9 Å². The summed E-state index contributed by atoms with van der Waals surface area (Å²) in [6, 6.07) is 13.4. The van der Waals surface area contributed by atoms with Gasteiger partial charge in [0.15, 0.2) is 5.58 Å². The molecule has 0 aliphatic carbocycles. The highest BCUT2D eigenvalue weighted by atomic mass is 16.6. The van der Waals surface area contributed by atoms with E-state index in [1.165, 1.54) is 4.57 Å². The normalized spacial score (nSPS) is 16.8. The van der Waals surface area contributed by atoms with Gasteiger partial charge >= 0.3 is 11.8 Å². The zero-order valence-corrected chi connectivity index (χ0v) is 18.6. The Morgan fingerprint density at radius 3 is 2.52 bits per heavy atom. The summed E-state index contributed by atoms with van der Waals surface area (Å²) >= 11 is 0. The average molecular weight is 452 g/mol. The fourth-order valence-electron chi connectivity index (χ4n) is 3.65. The minimum Gasteiger partial charge on any atom is -0.489 e. The first-order valence-corrected chi connectivity index (χ1v) is 10.6. The third-order valence-corrected chi connectivity index (χ3v) is 5.11. The van der Waals surface area contributed by atoms with E-state index in [0.717, 1.165) is 5.56 Å². The lowest BCUT2D eigenvalue weighted by atomic mass is 10.0. The number of benzene rings is 2. The third-order valence-electron chi connectivity index (χ3n) is 5.11. The van der Waals surface area contributed by atoms with Crippen molar-refractivity contribution in [3.05, 3.63) is 64.6 Å². The molecule has 1 saturated heterocycles. The number of nitrogens with zero attached hydrogens (tertiary/aromatic N) is 2. The van der Waals surface area contributed by atoms with E-state index in [9.17, 15) is 19.2 Å². The highest BCUT2D eigenvalue weighted by Crippen LogP contribution is 2.29. The molecule has 1 aliphatic heterocycles. The molecule has 2 heterocycles. The zero-order valence-electron chi connectivity index (χ0n) is 18.6. The number of amides is 3. The van der Waals surface area contributed by atoms with Crippen molar-refractivity contribution in [2.75, 3.05) is 0 Å². The van der Waals surface area contributed by atoms with Crippen LogP contribution in [0.2, 0.25) is 0 Å². The highest BCUT2D eigenvalue weighted by Gasteiger charge is 2.42. The summed E-state index contributed by atoms with van der Waals surface area (Å²) in [5.74, 6) is -1.76. The van der Waals surface area contributed by atoms with Gasteiger partial charge in [-0.2, -0.15) is 4.90 Å². The second-order valence-electron chi connectivity index (χ2n) is 8.74. The lowest BCUT2D eigenvalue weighted by Crippen LogP contribution is -2.51. The summed E-state index contributed by atoms with van der Waals surface area (Å²) in [5, 5.41) is 0. The van der Waals surface area contributed by atoms with E-state index in [1.807, 2.05) is 30.3 Å². The zero-order chi connectivity index (χ0) is 23.8. The molecule has 9 nitrogen and oxygen atoms in total. The van der Waals surface area contributed by atoms with Crippen molar-refractivity contribution in [3.63, 3.8) is 0 Å². The van der Waals surface area contributed by atoms with Gasteiger partial charge in [0.2, 0.25) is 5.91 Å². The quantitative estimate of drug-likeness (QED) is 0.554. The van der Waals surface area contributed by atoms with E-state index in [4.69, 9.17) is 13.9 Å². The molecule has 4 rings (SSSR count). The van der Waals surface area contributed by atoms with Gasteiger partial charge in [-0.3, -0.25) is 14.2 Å². The maximum absolute atomic E-state index is 13.1. The standard InChI is InChI=1S/C24H24N2O7/c1-24(2,3)33-23(30)26-20(27)12-11-18(21(26)28)25-17-10-9-16(13-19(17)32-22(25)29)31-14-15-7-5-4-6-8-15/h4-10,13,18H,11-12,14H2,1-3H3. The van der Waals surface area contributed by atoms with Crippen molar-refractivity contribution in [2.24, 2.45) is 0 Å². The summed E-state index contributed by atoms with van der Waals surface area (Å²) in [7, 11) is 0. The number of fused-ring (bicyclic) bond motifs is 1. The Morgan fingerprint density at radius 2 is 1.82 bits per heavy atom. The third kappa shape index (κ3) is 4.67. The molecule has 0 saturated carbocycles. The van der Waals surface area contributed by atoms with Gasteiger partial charge < -0.3 is 13.9 Å². The predicted octanol–water partition coefficient (Wildman–Crippen LogP) is 3.80. The van der Waals surface area contributed by atoms with Crippen molar-refractivity contribution in [1.29, 1.82) is 0 Å². The van der Waals surface area contributed by atoms with Crippen molar-refractivity contribution in [1.82, 2.24) is 9.47 Å². The number of hydrogen-bond donors (Lipinski definition) is 0. The van der Waals surface area contributed by atoms with Crippen LogP contribution >= 0.6 is 0 Å². The van der Waals surface area contributed by atoms with Crippen molar-refractivity contribution >= 4 is 29.0 Å². The van der Waals surface area contributed by atoms with Crippen LogP contribution in [0.1, 0.15) is 45.2 Å². The number of ether oxygens (including phenoxy) is 2. The van der Waals surface area contributed by atoms with Gasteiger partial charge in [-0.05, 0) is 44.9 Å². The molecule has 3 amide bonds. The Bertz CT molecular complexity index is 1270. The molecule has 2 aromatic carbocycles. The summed E-state index contributed by atoms with van der Waals surface area (Å²) in [5.41, 5.74) is 0.694. The summed E-state index contributed by atoms with van der Waals surface area (Å²) in [6.07, 6.45) is -1.08. The molecule has 0 spiro atoms. The van der Waals surface area contributed by atoms with Crippen molar-refractivity contribution in [2.45, 2.75) is 51.9 Å². The molecule has 172 valence electrons. The van der Waals surface area contributed by atoms with Crippen LogP contribution < -0.4 is 10.5 Å². The van der Waals surface area contributed by atoms with E-state index in [-0.39, 0.29) is 18.4 Å². The molecule has 1 aliphatic rings. The van der Waals surface area contributed by atoms with Gasteiger partial charge in [0, 0.05) is 12.5 Å². The molecular weight excluding hydrogens is 428 g/mol. The second-order valence-corrected chi connectivity index (χ2v) is 8.74. The maximum atomic E-state index is 13.1. The van der Waals surface area contributed by atoms with Crippen LogP contribution in [0.5, 0.6) is 5.75 Å². The van der Waals surface area contributed by atoms with E-state index in [2.05, 4.69) is 0 Å². The number of imide groups is 3. The van der Waals surface area contributed by atoms with Crippen LogP contribution in [0.3, 0.4) is 0 Å². The monoisotopic (exact) mass is 452 g/mol. The summed E-state index contributed by atoms with van der Waals surface area (Å²) < 4.78 is 17.5. The number of oxazole rings is 1. The van der Waals surface area contributed by atoms with Gasteiger partial charge in [0.25, 0.3) is 5.91 Å². The Hall–Kier alpha value is -3.88. The molecule has 0 bridgehead atoms. The molecule has 0 radical (unpaired) electrons. The van der Waals surface area contributed by atoms with E-state index < -0.39 is 35.3 Å². The van der Waals surface area contributed by atoms with E-state index in [0.29, 0.717) is 22.8 Å². The fraction of sp³-hybridized carbons (Fsp3) is 0.333. The lowest BCUT2D eigenvalue weighted by Gasteiger charge is -2.31. The Labute approximate surface area is 189 Å². The molecule has 1 atom stereocenters. The SMILES string of the molecule is CC(C)(C)OC(=O)N1C(=O)CCC(n2c(=O)oc3cc(OCc4ccccc4)ccc32)C1=O. The highest BCUT2D eigenvalue weighted by molar-refractivity contribution is 6.11. The van der Waals surface area contributed by atoms with Gasteiger partial charge in [-0.1, -0.05) is 30.3 Å². The van der Waals surface area contributed by atoms with Crippen LogP contribution in [-0.4, -0.2) is 33.0 Å². The number of rotatable bonds is 4. The molecule has 1 fully saturated rings. The number of aromatic nitrogens is 1. The fourth-order valence-corrected chi connectivity index (χ4v) is 3.65. The first-order valence-electron chi connectivity index (χ1n) is 10.6. The minimum absolute atomic E-state index is 0.0672. The van der Waals surface area contributed by atoms with E-state index in [1.54, 1.807) is 39.0 Å². The van der Waals surface area contributed by atoms with Crippen LogP contribution in [0, 0.1) is 0 Å². The van der Waals surface area contributed by atoms with Crippen molar-refractivity contribution < 1.29 is 28.3 Å². The van der Waals surface area contributed by atoms with Crippen LogP contribution in [0.4, 0.5) is 4.79 Å². The number of piperidine rings is 1. The maximum Gasteiger partial charge on any atom is 0.424 e. The molecule has 1 aromatic heterocycles. The minimum atomic E-state index is -1.07. The second kappa shape index (κ2) is 8.57. The van der Waals surface area contributed by atoms with Gasteiger partial charge in [-0.15, -0.1) is 0 Å². The van der Waals surface area contributed by atoms with E-state index >= 15 is 0 Å². The lowest BCUT2D eigenvalue weighted by molar-refractivity contribution is -0.149. The molecular formula is C24H24N2O7. The largest absolute Gasteiger partial charge is 0.489 e. The molecule has 3 aromatic rings. The van der Waals surface area contributed by atoms with Crippen molar-refractivity contribution in [3.8, 4) is 5.75 Å². The van der Waals surface area contributed by atoms with Gasteiger partial charge in [0.1, 0.15) is 24.0 Å². The van der Waals surface area contributed by atoms with Crippen LogP contribution in [0.15, 0.2) is 57.7 Å². The molecule has 9 heteroatoms. The van der Waals surface area contributed by atoms with Gasteiger partial charge in [-0.25, -0.2) is 9.59 Å². The topological polar surface area (TPSA) is 108 Å². The number of likely N-dealkylation sites (tertiary alicyclic amines) is 1. The number of carbonyl (C=O) groups excluding carboxylic acids is 3. The number of carbonyl (C=O) groups is 3. The van der Waals surface area contributed by atoms with Crippen LogP contribution in [0.25, 0.3) is 11.1 Å². The first kappa shape index (κ1) is 22.3. The Balaban J connectivity index is 1.60. The Morgan fingerprint density at radius 1 is 1.09 bits per heavy atom. The summed E-state index contributed by atoms with van der Waals surface area (Å²) in [6.45, 7) is 5.23. The first-order chi connectivity index (χ1) is 15.6. The molecule has 1 unspecified atom stereocenters. The Kier molecular flexibility index (Phi) is 5.80. The predicted molar refractivity (Wildman–Crippen MR) is 118 cm³/mol. The smallest absolute Gasteiger partial charge is 0.424 e. The van der Waals surface area contributed by atoms with Gasteiger partial charge in [0.05, 0.1) is 5.52 Å². The summed E-state index contributed by atoms with van der Waals surface area (Å²) in [4.78, 5) is 51.0. The number of hydrogen-bond acceptors (Lipinski definition) is 7. The molecule has 0 N–H and O–H groups in total.